The molecule has 0 bridgehead atoms. The lowest BCUT2D eigenvalue weighted by atomic mass is 10.1. The van der Waals surface area contributed by atoms with Crippen LogP contribution in [-0.4, -0.2) is 16.1 Å². The van der Waals surface area contributed by atoms with Gasteiger partial charge in [-0.1, -0.05) is 11.6 Å². The van der Waals surface area contributed by atoms with Crippen molar-refractivity contribution in [1.29, 1.82) is 0 Å². The summed E-state index contributed by atoms with van der Waals surface area (Å²) >= 11 is 6.04. The number of fused-ring (bicyclic) bond motifs is 1. The van der Waals surface area contributed by atoms with Crippen LogP contribution in [0.1, 0.15) is 30.7 Å². The van der Waals surface area contributed by atoms with Gasteiger partial charge in [-0.05, 0) is 32.2 Å². The number of rotatable bonds is 3. The second-order valence-corrected chi connectivity index (χ2v) is 4.46. The van der Waals surface area contributed by atoms with E-state index < -0.39 is 0 Å². The topological polar surface area (TPSA) is 60.9 Å². The fourth-order valence-corrected chi connectivity index (χ4v) is 2.35. The maximum absolute atomic E-state index is 12.1. The molecule has 0 aliphatic carbocycles. The zero-order valence-electron chi connectivity index (χ0n) is 9.21. The molecule has 0 unspecified atom stereocenters. The molecule has 2 N–H and O–H groups in total. The molecule has 1 aromatic rings. The lowest BCUT2D eigenvalue weighted by Gasteiger charge is -2.18. The van der Waals surface area contributed by atoms with Gasteiger partial charge in [0.25, 0.3) is 5.56 Å². The highest BCUT2D eigenvalue weighted by Gasteiger charge is 2.17. The smallest absolute Gasteiger partial charge is 0.258 e. The van der Waals surface area contributed by atoms with Crippen LogP contribution in [0.2, 0.25) is 5.15 Å². The van der Waals surface area contributed by atoms with Crippen LogP contribution in [0.25, 0.3) is 0 Å². The average molecular weight is 242 g/mol. The van der Waals surface area contributed by atoms with Crippen LogP contribution in [-0.2, 0) is 19.4 Å². The number of aromatic nitrogens is 2. The van der Waals surface area contributed by atoms with Gasteiger partial charge in [0.2, 0.25) is 0 Å². The Kier molecular flexibility index (Phi) is 3.61. The average Bonchev–Trinajstić information content (AvgIpc) is 2.29. The van der Waals surface area contributed by atoms with Crippen LogP contribution in [0.15, 0.2) is 4.79 Å². The zero-order valence-corrected chi connectivity index (χ0v) is 9.96. The third-order valence-electron chi connectivity index (χ3n) is 2.95. The van der Waals surface area contributed by atoms with Crippen LogP contribution in [0, 0.1) is 0 Å². The standard InChI is InChI=1S/C11H16ClN3O/c12-10-8(4-3-6-13)11(16)15-7-2-1-5-9(15)14-10/h1-7,13H2. The Morgan fingerprint density at radius 1 is 1.44 bits per heavy atom. The van der Waals surface area contributed by atoms with E-state index in [9.17, 15) is 4.79 Å². The van der Waals surface area contributed by atoms with Crippen LogP contribution >= 0.6 is 11.6 Å². The van der Waals surface area contributed by atoms with Crippen LogP contribution in [0.4, 0.5) is 0 Å². The zero-order chi connectivity index (χ0) is 11.5. The first-order valence-corrected chi connectivity index (χ1v) is 6.10. The fourth-order valence-electron chi connectivity index (χ4n) is 2.07. The number of aryl methyl sites for hydroxylation is 1. The molecule has 0 radical (unpaired) electrons. The van der Waals surface area contributed by atoms with Gasteiger partial charge in [-0.2, -0.15) is 0 Å². The number of hydrogen-bond acceptors (Lipinski definition) is 3. The maximum Gasteiger partial charge on any atom is 0.258 e. The molecule has 88 valence electrons. The van der Waals surface area contributed by atoms with Crippen molar-refractivity contribution in [3.8, 4) is 0 Å². The highest BCUT2D eigenvalue weighted by molar-refractivity contribution is 6.30. The first-order chi connectivity index (χ1) is 7.74. The fraction of sp³-hybridized carbons (Fsp3) is 0.636. The number of nitrogens with zero attached hydrogens (tertiary/aromatic N) is 2. The van der Waals surface area contributed by atoms with E-state index in [1.54, 1.807) is 4.57 Å². The Labute approximate surface area is 99.4 Å². The first-order valence-electron chi connectivity index (χ1n) is 5.72. The van der Waals surface area contributed by atoms with Crippen molar-refractivity contribution >= 4 is 11.6 Å². The van der Waals surface area contributed by atoms with E-state index in [1.165, 1.54) is 0 Å². The maximum atomic E-state index is 12.1. The molecule has 5 heteroatoms. The van der Waals surface area contributed by atoms with Gasteiger partial charge in [0, 0.05) is 13.0 Å². The quantitative estimate of drug-likeness (QED) is 0.807. The normalized spacial score (nSPS) is 14.9. The summed E-state index contributed by atoms with van der Waals surface area (Å²) in [5.41, 5.74) is 6.10. The molecular formula is C11H16ClN3O. The van der Waals surface area contributed by atoms with Crippen molar-refractivity contribution in [1.82, 2.24) is 9.55 Å². The Morgan fingerprint density at radius 3 is 3.00 bits per heavy atom. The molecule has 2 heterocycles. The summed E-state index contributed by atoms with van der Waals surface area (Å²) in [6.07, 6.45) is 4.39. The molecule has 0 saturated heterocycles. The van der Waals surface area contributed by atoms with Gasteiger partial charge in [-0.25, -0.2) is 4.98 Å². The van der Waals surface area contributed by atoms with Crippen molar-refractivity contribution in [2.24, 2.45) is 5.73 Å². The molecule has 0 amide bonds. The van der Waals surface area contributed by atoms with Gasteiger partial charge >= 0.3 is 0 Å². The summed E-state index contributed by atoms with van der Waals surface area (Å²) in [6.45, 7) is 1.34. The monoisotopic (exact) mass is 241 g/mol. The Balaban J connectivity index is 2.42. The first kappa shape index (κ1) is 11.6. The minimum absolute atomic E-state index is 0.0307. The van der Waals surface area contributed by atoms with Crippen molar-refractivity contribution in [2.45, 2.75) is 38.6 Å². The van der Waals surface area contributed by atoms with Gasteiger partial charge in [-0.3, -0.25) is 9.36 Å². The predicted octanol–water partition coefficient (Wildman–Crippen LogP) is 1.12. The number of hydrogen-bond donors (Lipinski definition) is 1. The summed E-state index contributed by atoms with van der Waals surface area (Å²) in [5, 5.41) is 0.367. The molecule has 16 heavy (non-hydrogen) atoms. The molecule has 0 aromatic carbocycles. The Bertz CT molecular complexity index is 442. The SMILES string of the molecule is NCCCc1c(Cl)nc2n(c1=O)CCCC2. The number of halogens is 1. The van der Waals surface area contributed by atoms with Gasteiger partial charge in [0.1, 0.15) is 11.0 Å². The predicted molar refractivity (Wildman–Crippen MR) is 63.8 cm³/mol. The van der Waals surface area contributed by atoms with Gasteiger partial charge in [-0.15, -0.1) is 0 Å². The summed E-state index contributed by atoms with van der Waals surface area (Å²) < 4.78 is 1.77. The van der Waals surface area contributed by atoms with E-state index in [1.807, 2.05) is 0 Å². The summed E-state index contributed by atoms with van der Waals surface area (Å²) in [6, 6.07) is 0. The highest BCUT2D eigenvalue weighted by atomic mass is 35.5. The summed E-state index contributed by atoms with van der Waals surface area (Å²) in [5.74, 6) is 0.831. The van der Waals surface area contributed by atoms with E-state index in [4.69, 9.17) is 17.3 Å². The molecule has 0 fully saturated rings. The molecule has 1 aromatic heterocycles. The molecule has 2 rings (SSSR count). The molecule has 0 atom stereocenters. The van der Waals surface area contributed by atoms with Crippen LogP contribution < -0.4 is 11.3 Å². The van der Waals surface area contributed by atoms with E-state index in [0.29, 0.717) is 23.7 Å². The van der Waals surface area contributed by atoms with E-state index >= 15 is 0 Å². The van der Waals surface area contributed by atoms with Gasteiger partial charge in [0.05, 0.1) is 5.56 Å². The minimum atomic E-state index is 0.0307. The van der Waals surface area contributed by atoms with Crippen molar-refractivity contribution in [3.63, 3.8) is 0 Å². The second kappa shape index (κ2) is 4.97. The summed E-state index contributed by atoms with van der Waals surface area (Å²) in [4.78, 5) is 16.5. The highest BCUT2D eigenvalue weighted by Crippen LogP contribution is 2.16. The molecule has 1 aliphatic heterocycles. The van der Waals surface area contributed by atoms with E-state index in [2.05, 4.69) is 4.98 Å². The minimum Gasteiger partial charge on any atom is -0.330 e. The second-order valence-electron chi connectivity index (χ2n) is 4.10. The molecule has 4 nitrogen and oxygen atoms in total. The van der Waals surface area contributed by atoms with Crippen molar-refractivity contribution in [3.05, 3.63) is 26.9 Å². The van der Waals surface area contributed by atoms with Gasteiger partial charge < -0.3 is 5.73 Å². The van der Waals surface area contributed by atoms with Crippen molar-refractivity contribution < 1.29 is 0 Å². The van der Waals surface area contributed by atoms with Crippen molar-refractivity contribution in [2.75, 3.05) is 6.54 Å². The molecule has 1 aliphatic rings. The van der Waals surface area contributed by atoms with E-state index in [-0.39, 0.29) is 5.56 Å². The Hall–Kier alpha value is -0.870. The number of nitrogens with two attached hydrogens (primary N) is 1. The van der Waals surface area contributed by atoms with E-state index in [0.717, 1.165) is 38.1 Å². The third kappa shape index (κ3) is 2.13. The third-order valence-corrected chi connectivity index (χ3v) is 3.27. The van der Waals surface area contributed by atoms with Crippen LogP contribution in [0.5, 0.6) is 0 Å². The molecular weight excluding hydrogens is 226 g/mol. The largest absolute Gasteiger partial charge is 0.330 e. The molecule has 0 saturated carbocycles. The summed E-state index contributed by atoms with van der Waals surface area (Å²) in [7, 11) is 0. The van der Waals surface area contributed by atoms with Gasteiger partial charge in [0.15, 0.2) is 0 Å². The van der Waals surface area contributed by atoms with Crippen LogP contribution in [0.3, 0.4) is 0 Å². The lowest BCUT2D eigenvalue weighted by molar-refractivity contribution is 0.491. The molecule has 0 spiro atoms. The lowest BCUT2D eigenvalue weighted by Crippen LogP contribution is -2.31. The Morgan fingerprint density at radius 2 is 2.25 bits per heavy atom.